The van der Waals surface area contributed by atoms with E-state index in [1.165, 1.54) is 11.3 Å². The van der Waals surface area contributed by atoms with E-state index < -0.39 is 11.5 Å². The molecule has 1 unspecified atom stereocenters. The van der Waals surface area contributed by atoms with Crippen molar-refractivity contribution in [3.05, 3.63) is 16.1 Å². The summed E-state index contributed by atoms with van der Waals surface area (Å²) in [6.45, 7) is 4.24. The lowest BCUT2D eigenvalue weighted by Gasteiger charge is -2.34. The SMILES string of the molecule is CCCC1(C(=O)O)CCCN1C(=O)c1scnc1C. The summed E-state index contributed by atoms with van der Waals surface area (Å²) in [6.07, 6.45) is 2.54. The van der Waals surface area contributed by atoms with Gasteiger partial charge in [-0.2, -0.15) is 0 Å². The molecule has 6 heteroatoms. The number of aromatic nitrogens is 1. The van der Waals surface area contributed by atoms with Crippen molar-refractivity contribution in [1.29, 1.82) is 0 Å². The first-order valence-electron chi connectivity index (χ1n) is 6.48. The maximum Gasteiger partial charge on any atom is 0.329 e. The largest absolute Gasteiger partial charge is 0.479 e. The van der Waals surface area contributed by atoms with Gasteiger partial charge in [-0.3, -0.25) is 4.79 Å². The van der Waals surface area contributed by atoms with E-state index in [0.29, 0.717) is 30.0 Å². The maximum atomic E-state index is 12.6. The van der Waals surface area contributed by atoms with Crippen LogP contribution in [0.4, 0.5) is 0 Å². The third-order valence-electron chi connectivity index (χ3n) is 3.74. The Hall–Kier alpha value is -1.43. The summed E-state index contributed by atoms with van der Waals surface area (Å²) in [4.78, 5) is 30.4. The number of hydrogen-bond donors (Lipinski definition) is 1. The fourth-order valence-corrected chi connectivity index (χ4v) is 3.56. The van der Waals surface area contributed by atoms with Gasteiger partial charge in [0.15, 0.2) is 0 Å². The molecular weight excluding hydrogens is 264 g/mol. The van der Waals surface area contributed by atoms with E-state index >= 15 is 0 Å². The van der Waals surface area contributed by atoms with Gasteiger partial charge in [-0.25, -0.2) is 9.78 Å². The molecule has 0 spiro atoms. The molecule has 104 valence electrons. The maximum absolute atomic E-state index is 12.6. The fourth-order valence-electron chi connectivity index (χ4n) is 2.81. The van der Waals surface area contributed by atoms with Gasteiger partial charge < -0.3 is 10.0 Å². The molecule has 0 saturated carbocycles. The summed E-state index contributed by atoms with van der Waals surface area (Å²) in [5, 5.41) is 9.57. The van der Waals surface area contributed by atoms with Crippen LogP contribution in [0, 0.1) is 6.92 Å². The second-order valence-corrected chi connectivity index (χ2v) is 5.77. The summed E-state index contributed by atoms with van der Waals surface area (Å²) < 4.78 is 0. The highest BCUT2D eigenvalue weighted by molar-refractivity contribution is 7.11. The van der Waals surface area contributed by atoms with Crippen molar-refractivity contribution in [2.75, 3.05) is 6.54 Å². The topological polar surface area (TPSA) is 70.5 Å². The van der Waals surface area contributed by atoms with Crippen molar-refractivity contribution in [1.82, 2.24) is 9.88 Å². The Balaban J connectivity index is 2.35. The summed E-state index contributed by atoms with van der Waals surface area (Å²) >= 11 is 1.28. The predicted molar refractivity (Wildman–Crippen MR) is 72.4 cm³/mol. The second kappa shape index (κ2) is 5.28. The van der Waals surface area contributed by atoms with Crippen LogP contribution in [0.15, 0.2) is 5.51 Å². The van der Waals surface area contributed by atoms with Gasteiger partial charge in [-0.05, 0) is 26.2 Å². The van der Waals surface area contributed by atoms with E-state index in [0.717, 1.165) is 12.8 Å². The normalized spacial score (nSPS) is 22.7. The average Bonchev–Trinajstić information content (AvgIpc) is 2.96. The minimum atomic E-state index is -1.03. The van der Waals surface area contributed by atoms with Crippen molar-refractivity contribution in [3.8, 4) is 0 Å². The van der Waals surface area contributed by atoms with Crippen LogP contribution in [0.1, 0.15) is 48.0 Å². The Morgan fingerprint density at radius 3 is 2.84 bits per heavy atom. The molecule has 1 aliphatic heterocycles. The van der Waals surface area contributed by atoms with Crippen LogP contribution >= 0.6 is 11.3 Å². The van der Waals surface area contributed by atoms with Crippen LogP contribution in [0.3, 0.4) is 0 Å². The number of carboxylic acids is 1. The van der Waals surface area contributed by atoms with Gasteiger partial charge in [-0.1, -0.05) is 13.3 Å². The van der Waals surface area contributed by atoms with Crippen LogP contribution in [0.2, 0.25) is 0 Å². The smallest absolute Gasteiger partial charge is 0.329 e. The number of carboxylic acid groups (broad SMARTS) is 1. The molecule has 1 fully saturated rings. The zero-order chi connectivity index (χ0) is 14.0. The highest BCUT2D eigenvalue weighted by atomic mass is 32.1. The lowest BCUT2D eigenvalue weighted by Crippen LogP contribution is -2.53. The number of thiazole rings is 1. The molecule has 1 aliphatic rings. The van der Waals surface area contributed by atoms with Crippen LogP contribution in [-0.4, -0.2) is 39.0 Å². The van der Waals surface area contributed by atoms with E-state index in [1.54, 1.807) is 17.3 Å². The van der Waals surface area contributed by atoms with Crippen molar-refractivity contribution < 1.29 is 14.7 Å². The lowest BCUT2D eigenvalue weighted by molar-refractivity contribution is -0.148. The van der Waals surface area contributed by atoms with Crippen LogP contribution in [0.25, 0.3) is 0 Å². The summed E-state index contributed by atoms with van der Waals surface area (Å²) in [5.41, 5.74) is 1.28. The van der Waals surface area contributed by atoms with Gasteiger partial charge in [0.2, 0.25) is 0 Å². The number of nitrogens with zero attached hydrogens (tertiary/aromatic N) is 2. The molecule has 0 aliphatic carbocycles. The number of carbonyl (C=O) groups excluding carboxylic acids is 1. The molecule has 1 atom stereocenters. The Bertz CT molecular complexity index is 500. The fraction of sp³-hybridized carbons (Fsp3) is 0.615. The Morgan fingerprint density at radius 1 is 1.58 bits per heavy atom. The number of carbonyl (C=O) groups is 2. The minimum Gasteiger partial charge on any atom is -0.479 e. The molecule has 1 aromatic rings. The third kappa shape index (κ3) is 2.25. The molecule has 0 bridgehead atoms. The van der Waals surface area contributed by atoms with Gasteiger partial charge in [0, 0.05) is 6.54 Å². The minimum absolute atomic E-state index is 0.187. The van der Waals surface area contributed by atoms with E-state index in [-0.39, 0.29) is 5.91 Å². The number of amides is 1. The molecule has 19 heavy (non-hydrogen) atoms. The summed E-state index contributed by atoms with van der Waals surface area (Å²) in [7, 11) is 0. The van der Waals surface area contributed by atoms with Crippen LogP contribution in [0.5, 0.6) is 0 Å². The first-order valence-corrected chi connectivity index (χ1v) is 7.36. The van der Waals surface area contributed by atoms with E-state index in [1.807, 2.05) is 6.92 Å². The molecule has 1 N–H and O–H groups in total. The van der Waals surface area contributed by atoms with Crippen molar-refractivity contribution in [2.45, 2.75) is 45.1 Å². The number of hydrogen-bond acceptors (Lipinski definition) is 4. The van der Waals surface area contributed by atoms with Crippen molar-refractivity contribution >= 4 is 23.2 Å². The van der Waals surface area contributed by atoms with Crippen molar-refractivity contribution in [3.63, 3.8) is 0 Å². The highest BCUT2D eigenvalue weighted by Gasteiger charge is 2.49. The predicted octanol–water partition coefficient (Wildman–Crippen LogP) is 2.31. The molecule has 1 saturated heterocycles. The first kappa shape index (κ1) is 14.0. The molecule has 1 aromatic heterocycles. The average molecular weight is 282 g/mol. The Labute approximate surface area is 116 Å². The van der Waals surface area contributed by atoms with Gasteiger partial charge in [0.25, 0.3) is 5.91 Å². The molecule has 0 radical (unpaired) electrons. The van der Waals surface area contributed by atoms with Crippen molar-refractivity contribution in [2.24, 2.45) is 0 Å². The quantitative estimate of drug-likeness (QED) is 0.920. The first-order chi connectivity index (χ1) is 9.03. The number of likely N-dealkylation sites (tertiary alicyclic amines) is 1. The van der Waals surface area contributed by atoms with Gasteiger partial charge in [0.05, 0.1) is 11.2 Å². The molecule has 5 nitrogen and oxygen atoms in total. The molecule has 0 aromatic carbocycles. The third-order valence-corrected chi connectivity index (χ3v) is 4.65. The zero-order valence-electron chi connectivity index (χ0n) is 11.2. The van der Waals surface area contributed by atoms with E-state index in [2.05, 4.69) is 4.98 Å². The van der Waals surface area contributed by atoms with Gasteiger partial charge >= 0.3 is 5.97 Å². The Kier molecular flexibility index (Phi) is 3.89. The molecule has 2 rings (SSSR count). The Morgan fingerprint density at radius 2 is 2.32 bits per heavy atom. The van der Waals surface area contributed by atoms with E-state index in [4.69, 9.17) is 0 Å². The molecule has 2 heterocycles. The van der Waals surface area contributed by atoms with Gasteiger partial charge in [-0.15, -0.1) is 11.3 Å². The second-order valence-electron chi connectivity index (χ2n) is 4.91. The molecule has 1 amide bonds. The monoisotopic (exact) mass is 282 g/mol. The standard InChI is InChI=1S/C13H18N2O3S/c1-3-5-13(12(17)18)6-4-7-15(13)11(16)10-9(2)14-8-19-10/h8H,3-7H2,1-2H3,(H,17,18). The number of rotatable bonds is 4. The summed E-state index contributed by atoms with van der Waals surface area (Å²) in [5.74, 6) is -1.07. The number of aryl methyl sites for hydroxylation is 1. The van der Waals surface area contributed by atoms with Gasteiger partial charge in [0.1, 0.15) is 10.4 Å². The molecular formula is C13H18N2O3S. The van der Waals surface area contributed by atoms with Crippen LogP contribution < -0.4 is 0 Å². The van der Waals surface area contributed by atoms with E-state index in [9.17, 15) is 14.7 Å². The summed E-state index contributed by atoms with van der Waals surface area (Å²) in [6, 6.07) is 0. The van der Waals surface area contributed by atoms with Crippen LogP contribution in [-0.2, 0) is 4.79 Å². The lowest BCUT2D eigenvalue weighted by atomic mass is 9.90. The highest BCUT2D eigenvalue weighted by Crippen LogP contribution is 2.36. The zero-order valence-corrected chi connectivity index (χ0v) is 12.0. The number of aliphatic carboxylic acids is 1.